The van der Waals surface area contributed by atoms with E-state index in [-0.39, 0.29) is 0 Å². The van der Waals surface area contributed by atoms with Crippen molar-refractivity contribution in [3.8, 4) is 27.9 Å². The average molecular weight is 640 g/mol. The van der Waals surface area contributed by atoms with Gasteiger partial charge in [-0.05, 0) is 64.4 Å². The maximum absolute atomic E-state index is 7.00. The molecule has 0 saturated heterocycles. The molecule has 2 aromatic heterocycles. The van der Waals surface area contributed by atoms with Gasteiger partial charge in [0.15, 0.2) is 11.2 Å². The SMILES string of the molecule is c1ccc2c(c1)oc1c(-c3ccc4c(c3)oc3cc(-c5cccc6c5oc5ccccc56)cc5c3-n4c3cccc4cccc5c43)cccc12. The number of pyridine rings is 1. The quantitative estimate of drug-likeness (QED) is 0.140. The van der Waals surface area contributed by atoms with Gasteiger partial charge in [-0.25, -0.2) is 0 Å². The molecule has 0 spiro atoms. The summed E-state index contributed by atoms with van der Waals surface area (Å²) in [5.74, 6) is 0. The van der Waals surface area contributed by atoms with Gasteiger partial charge in [0, 0.05) is 43.4 Å². The highest BCUT2D eigenvalue weighted by atomic mass is 16.3. The Labute approximate surface area is 284 Å². The molecule has 4 heteroatoms. The molecule has 0 atom stereocenters. The number of furan rings is 2. The fraction of sp³-hybridized carbons (Fsp3) is 0. The van der Waals surface area contributed by atoms with Crippen LogP contribution in [0.3, 0.4) is 0 Å². The predicted octanol–water partition coefficient (Wildman–Crippen LogP) is 13.3. The summed E-state index contributed by atoms with van der Waals surface area (Å²) in [6.45, 7) is 0. The largest absolute Gasteiger partial charge is 0.455 e. The molecule has 0 unspecified atom stereocenters. The number of para-hydroxylation sites is 4. The number of nitrogens with zero attached hydrogens (tertiary/aromatic N) is 1. The molecule has 0 amide bonds. The normalized spacial score (nSPS) is 12.4. The molecule has 0 saturated carbocycles. The van der Waals surface area contributed by atoms with Crippen LogP contribution in [0.15, 0.2) is 165 Å². The third-order valence-corrected chi connectivity index (χ3v) is 10.6. The minimum Gasteiger partial charge on any atom is -0.455 e. The van der Waals surface area contributed by atoms with Gasteiger partial charge >= 0.3 is 0 Å². The third kappa shape index (κ3) is 3.39. The van der Waals surface area contributed by atoms with E-state index in [1.165, 1.54) is 16.2 Å². The zero-order chi connectivity index (χ0) is 32.5. The summed E-state index contributed by atoms with van der Waals surface area (Å²) in [6, 6.07) is 53.4. The second-order valence-corrected chi connectivity index (χ2v) is 13.2. The van der Waals surface area contributed by atoms with Gasteiger partial charge in [0.25, 0.3) is 0 Å². The van der Waals surface area contributed by atoms with Crippen molar-refractivity contribution in [3.05, 3.63) is 152 Å². The molecule has 4 heterocycles. The van der Waals surface area contributed by atoms with Crippen LogP contribution in [0, 0.1) is 0 Å². The van der Waals surface area contributed by atoms with Gasteiger partial charge in [-0.2, -0.15) is 0 Å². The van der Waals surface area contributed by atoms with Crippen LogP contribution in [-0.2, 0) is 0 Å². The lowest BCUT2D eigenvalue weighted by molar-refractivity contribution is 0.648. The first-order valence-corrected chi connectivity index (χ1v) is 16.9. The molecule has 2 aliphatic heterocycles. The molecule has 8 aromatic carbocycles. The molecule has 0 aliphatic carbocycles. The molecule has 10 aromatic rings. The average Bonchev–Trinajstić information content (AvgIpc) is 3.74. The summed E-state index contributed by atoms with van der Waals surface area (Å²) >= 11 is 0. The topological polar surface area (TPSA) is 44.4 Å². The highest BCUT2D eigenvalue weighted by Gasteiger charge is 2.23. The van der Waals surface area contributed by atoms with E-state index in [2.05, 4.69) is 132 Å². The van der Waals surface area contributed by atoms with Crippen molar-refractivity contribution in [3.63, 3.8) is 0 Å². The Kier molecular flexibility index (Phi) is 4.94. The molecular weight excluding hydrogens is 615 g/mol. The molecule has 12 rings (SSSR count). The van der Waals surface area contributed by atoms with Crippen molar-refractivity contribution in [2.24, 2.45) is 0 Å². The summed E-state index contributed by atoms with van der Waals surface area (Å²) in [4.78, 5) is 0. The molecule has 0 bridgehead atoms. The van der Waals surface area contributed by atoms with Crippen molar-refractivity contribution in [2.45, 2.75) is 0 Å². The fourth-order valence-electron chi connectivity index (χ4n) is 8.40. The Bertz CT molecular complexity index is 3320. The van der Waals surface area contributed by atoms with Gasteiger partial charge in [-0.1, -0.05) is 109 Å². The van der Waals surface area contributed by atoms with Crippen molar-refractivity contribution >= 4 is 87.6 Å². The van der Waals surface area contributed by atoms with E-state index in [4.69, 9.17) is 13.3 Å². The highest BCUT2D eigenvalue weighted by molar-refractivity contribution is 6.21. The Morgan fingerprint density at radius 1 is 0.360 bits per heavy atom. The summed E-state index contributed by atoms with van der Waals surface area (Å²) in [6.07, 6.45) is 0. The molecule has 2 aliphatic rings. The number of rotatable bonds is 2. The lowest BCUT2D eigenvalue weighted by atomic mass is 9.94. The second kappa shape index (κ2) is 9.43. The Morgan fingerprint density at radius 2 is 0.960 bits per heavy atom. The standard InChI is InChI=1S/C46H25NO3/c1-3-19-39-31(11-1)34-16-7-13-29(45(34)49-39)27-21-22-37-41(24-27)48-42-25-28(30-14-8-17-35-32-12-2-4-20-40(32)50-46(30)35)23-36-33-15-5-9-26-10-6-18-38(43(26)33)47(37)44(36)42/h1-25H. The zero-order valence-electron chi connectivity index (χ0n) is 26.6. The number of benzene rings is 8. The van der Waals surface area contributed by atoms with Crippen LogP contribution in [0.25, 0.3) is 116 Å². The van der Waals surface area contributed by atoms with Crippen LogP contribution >= 0.6 is 0 Å². The van der Waals surface area contributed by atoms with Gasteiger partial charge in [0.1, 0.15) is 22.3 Å². The van der Waals surface area contributed by atoms with E-state index >= 15 is 0 Å². The van der Waals surface area contributed by atoms with Crippen molar-refractivity contribution < 1.29 is 13.3 Å². The smallest absolute Gasteiger partial charge is 0.152 e. The van der Waals surface area contributed by atoms with E-state index in [1.807, 2.05) is 24.3 Å². The Hall–Kier alpha value is -6.78. The number of hydrogen-bond acceptors (Lipinski definition) is 3. The molecule has 0 N–H and O–H groups in total. The maximum atomic E-state index is 7.00. The van der Waals surface area contributed by atoms with Crippen molar-refractivity contribution in [2.75, 3.05) is 0 Å². The lowest BCUT2D eigenvalue weighted by Crippen LogP contribution is -2.05. The minimum atomic E-state index is 0.796. The predicted molar refractivity (Wildman–Crippen MR) is 205 cm³/mol. The Morgan fingerprint density at radius 3 is 1.70 bits per heavy atom. The molecule has 4 nitrogen and oxygen atoms in total. The second-order valence-electron chi connectivity index (χ2n) is 13.2. The maximum Gasteiger partial charge on any atom is 0.152 e. The van der Waals surface area contributed by atoms with Gasteiger partial charge in [0.05, 0.1) is 16.7 Å². The summed E-state index contributed by atoms with van der Waals surface area (Å²) < 4.78 is 22.4. The molecule has 232 valence electrons. The number of hydrogen-bond donors (Lipinski definition) is 0. The first-order valence-electron chi connectivity index (χ1n) is 16.9. The van der Waals surface area contributed by atoms with E-state index in [9.17, 15) is 0 Å². The van der Waals surface area contributed by atoms with Crippen LogP contribution in [0.4, 0.5) is 0 Å². The first kappa shape index (κ1) is 26.2. The van der Waals surface area contributed by atoms with Crippen LogP contribution in [0.1, 0.15) is 0 Å². The zero-order valence-corrected chi connectivity index (χ0v) is 26.6. The van der Waals surface area contributed by atoms with Crippen molar-refractivity contribution in [1.29, 1.82) is 0 Å². The molecular formula is C46H25NO3. The van der Waals surface area contributed by atoms with Gasteiger partial charge in [-0.3, -0.25) is 0 Å². The summed E-state index contributed by atoms with van der Waals surface area (Å²) in [5, 5.41) is 9.22. The molecule has 0 radical (unpaired) electrons. The van der Waals surface area contributed by atoms with E-state index < -0.39 is 0 Å². The van der Waals surface area contributed by atoms with Gasteiger partial charge < -0.3 is 17.8 Å². The Balaban J connectivity index is 1.20. The van der Waals surface area contributed by atoms with Gasteiger partial charge in [0.2, 0.25) is 0 Å². The van der Waals surface area contributed by atoms with Crippen LogP contribution in [0.2, 0.25) is 0 Å². The van der Waals surface area contributed by atoms with Crippen LogP contribution in [-0.4, -0.2) is 4.57 Å². The van der Waals surface area contributed by atoms with Crippen LogP contribution < -0.4 is 0 Å². The monoisotopic (exact) mass is 639 g/mol. The van der Waals surface area contributed by atoms with Gasteiger partial charge in [-0.15, -0.1) is 0 Å². The lowest BCUT2D eigenvalue weighted by Gasteiger charge is -2.23. The number of aromatic nitrogens is 1. The minimum absolute atomic E-state index is 0.796. The van der Waals surface area contributed by atoms with E-state index in [0.29, 0.717) is 0 Å². The van der Waals surface area contributed by atoms with Crippen LogP contribution in [0.5, 0.6) is 0 Å². The highest BCUT2D eigenvalue weighted by Crippen LogP contribution is 2.45. The molecule has 0 fully saturated rings. The first-order chi connectivity index (χ1) is 24.8. The van der Waals surface area contributed by atoms with E-state index in [0.717, 1.165) is 99.4 Å². The van der Waals surface area contributed by atoms with Crippen molar-refractivity contribution in [1.82, 2.24) is 4.57 Å². The third-order valence-electron chi connectivity index (χ3n) is 10.6. The summed E-state index contributed by atoms with van der Waals surface area (Å²) in [5.41, 5.74) is 12.5. The number of fused-ring (bicyclic) bond motifs is 10. The summed E-state index contributed by atoms with van der Waals surface area (Å²) in [7, 11) is 0. The van der Waals surface area contributed by atoms with E-state index in [1.54, 1.807) is 0 Å². The molecule has 50 heavy (non-hydrogen) atoms. The fourth-order valence-corrected chi connectivity index (χ4v) is 8.40.